The van der Waals surface area contributed by atoms with E-state index >= 15 is 0 Å². The fourth-order valence-electron chi connectivity index (χ4n) is 3.98. The third-order valence-corrected chi connectivity index (χ3v) is 6.68. The van der Waals surface area contributed by atoms with Gasteiger partial charge in [-0.1, -0.05) is 11.3 Å². The number of fused-ring (bicyclic) bond motifs is 2. The summed E-state index contributed by atoms with van der Waals surface area (Å²) in [6.07, 6.45) is 0. The highest BCUT2D eigenvalue weighted by atomic mass is 32.1. The second-order valence-corrected chi connectivity index (χ2v) is 8.64. The van der Waals surface area contributed by atoms with Gasteiger partial charge in [0.15, 0.2) is 4.80 Å². The molecule has 2 aromatic carbocycles. The summed E-state index contributed by atoms with van der Waals surface area (Å²) < 4.78 is 12.5. The third kappa shape index (κ3) is 3.75. The molecule has 5 rings (SSSR count). The SMILES string of the molecule is CCOC(=O)c1ccc(N2CN=c3s/c(=C4\C(=O)Nc5ccc(OCC)cc54)c(=O)n3C2)cc1. The molecular formula is C24H22N4O5S. The number of benzene rings is 2. The molecule has 0 aliphatic carbocycles. The maximum absolute atomic E-state index is 13.4. The lowest BCUT2D eigenvalue weighted by molar-refractivity contribution is -0.110. The number of thiazole rings is 1. The summed E-state index contributed by atoms with van der Waals surface area (Å²) >= 11 is 1.21. The van der Waals surface area contributed by atoms with Crippen molar-refractivity contribution in [2.45, 2.75) is 20.5 Å². The van der Waals surface area contributed by atoms with Gasteiger partial charge in [0.25, 0.3) is 11.5 Å². The molecule has 2 aliphatic heterocycles. The number of rotatable bonds is 5. The van der Waals surface area contributed by atoms with Crippen LogP contribution in [0.25, 0.3) is 5.57 Å². The van der Waals surface area contributed by atoms with Crippen molar-refractivity contribution >= 4 is 40.2 Å². The first-order valence-corrected chi connectivity index (χ1v) is 11.7. The van der Waals surface area contributed by atoms with Crippen LogP contribution in [0.2, 0.25) is 0 Å². The summed E-state index contributed by atoms with van der Waals surface area (Å²) in [5.74, 6) is -0.0526. The van der Waals surface area contributed by atoms with E-state index in [1.54, 1.807) is 54.0 Å². The van der Waals surface area contributed by atoms with Crippen LogP contribution in [-0.2, 0) is 16.2 Å². The number of nitrogens with one attached hydrogen (secondary N) is 1. The van der Waals surface area contributed by atoms with E-state index in [1.165, 1.54) is 11.3 Å². The van der Waals surface area contributed by atoms with Crippen LogP contribution in [0.5, 0.6) is 5.75 Å². The van der Waals surface area contributed by atoms with Crippen molar-refractivity contribution in [1.82, 2.24) is 4.57 Å². The van der Waals surface area contributed by atoms with Crippen molar-refractivity contribution in [3.05, 3.63) is 73.3 Å². The van der Waals surface area contributed by atoms with Crippen molar-refractivity contribution in [2.75, 3.05) is 30.1 Å². The number of ether oxygens (including phenoxy) is 2. The predicted molar refractivity (Wildman–Crippen MR) is 128 cm³/mol. The molecule has 2 aliphatic rings. The van der Waals surface area contributed by atoms with Crippen molar-refractivity contribution in [3.8, 4) is 5.75 Å². The van der Waals surface area contributed by atoms with Crippen LogP contribution in [-0.4, -0.2) is 36.3 Å². The molecule has 0 saturated carbocycles. The summed E-state index contributed by atoms with van der Waals surface area (Å²) in [7, 11) is 0. The zero-order valence-electron chi connectivity index (χ0n) is 18.7. The van der Waals surface area contributed by atoms with Crippen molar-refractivity contribution in [3.63, 3.8) is 0 Å². The van der Waals surface area contributed by atoms with E-state index in [4.69, 9.17) is 9.47 Å². The Kier molecular flexibility index (Phi) is 5.66. The average molecular weight is 479 g/mol. The Morgan fingerprint density at radius 1 is 1.12 bits per heavy atom. The fraction of sp³-hybridized carbons (Fsp3) is 0.250. The number of carbonyl (C=O) groups is 2. The van der Waals surface area contributed by atoms with Gasteiger partial charge >= 0.3 is 5.97 Å². The molecule has 0 saturated heterocycles. The topological polar surface area (TPSA) is 102 Å². The number of aromatic nitrogens is 1. The van der Waals surface area contributed by atoms with Gasteiger partial charge in [-0.05, 0) is 56.3 Å². The Labute approximate surface area is 198 Å². The van der Waals surface area contributed by atoms with Crippen LogP contribution in [0.3, 0.4) is 0 Å². The smallest absolute Gasteiger partial charge is 0.338 e. The zero-order chi connectivity index (χ0) is 23.8. The molecule has 0 radical (unpaired) electrons. The molecule has 0 bridgehead atoms. The minimum absolute atomic E-state index is 0.267. The molecule has 1 aromatic heterocycles. The second-order valence-electron chi connectivity index (χ2n) is 7.66. The quantitative estimate of drug-likeness (QED) is 0.560. The highest BCUT2D eigenvalue weighted by Crippen LogP contribution is 2.33. The van der Waals surface area contributed by atoms with Crippen molar-refractivity contribution < 1.29 is 19.1 Å². The number of carbonyl (C=O) groups excluding carboxylic acids is 2. The highest BCUT2D eigenvalue weighted by Gasteiger charge is 2.28. The van der Waals surface area contributed by atoms with Gasteiger partial charge in [-0.2, -0.15) is 0 Å². The predicted octanol–water partition coefficient (Wildman–Crippen LogP) is 1.69. The second kappa shape index (κ2) is 8.79. The lowest BCUT2D eigenvalue weighted by atomic mass is 10.1. The normalized spacial score (nSPS) is 15.8. The minimum atomic E-state index is -0.377. The van der Waals surface area contributed by atoms with E-state index < -0.39 is 0 Å². The summed E-state index contributed by atoms with van der Waals surface area (Å²) in [6.45, 7) is 5.10. The first kappa shape index (κ1) is 21.9. The molecule has 1 N–H and O–H groups in total. The number of esters is 1. The van der Waals surface area contributed by atoms with E-state index in [0.29, 0.717) is 57.4 Å². The summed E-state index contributed by atoms with van der Waals surface area (Å²) in [4.78, 5) is 45.1. The van der Waals surface area contributed by atoms with Crippen molar-refractivity contribution in [1.29, 1.82) is 0 Å². The van der Waals surface area contributed by atoms with Gasteiger partial charge in [0.1, 0.15) is 23.6 Å². The molecule has 9 nitrogen and oxygen atoms in total. The molecule has 0 unspecified atom stereocenters. The van der Waals surface area contributed by atoms with Gasteiger partial charge in [0.05, 0.1) is 24.4 Å². The van der Waals surface area contributed by atoms with E-state index in [0.717, 1.165) is 5.69 Å². The van der Waals surface area contributed by atoms with Gasteiger partial charge in [-0.15, -0.1) is 0 Å². The lowest BCUT2D eigenvalue weighted by Crippen LogP contribution is -2.43. The molecule has 1 amide bonds. The number of anilines is 2. The maximum atomic E-state index is 13.4. The molecule has 34 heavy (non-hydrogen) atoms. The zero-order valence-corrected chi connectivity index (χ0v) is 19.5. The van der Waals surface area contributed by atoms with E-state index in [-0.39, 0.29) is 24.1 Å². The number of hydrogen-bond acceptors (Lipinski definition) is 8. The van der Waals surface area contributed by atoms with Gasteiger partial charge in [-0.3, -0.25) is 14.2 Å². The Hall–Kier alpha value is -3.92. The molecule has 174 valence electrons. The monoisotopic (exact) mass is 478 g/mol. The molecular weight excluding hydrogens is 456 g/mol. The Balaban J connectivity index is 1.51. The van der Waals surface area contributed by atoms with E-state index in [2.05, 4.69) is 10.3 Å². The molecule has 0 spiro atoms. The molecule has 0 atom stereocenters. The Bertz CT molecular complexity index is 1470. The van der Waals surface area contributed by atoms with Crippen LogP contribution in [0.15, 0.2) is 52.3 Å². The van der Waals surface area contributed by atoms with E-state index in [1.807, 2.05) is 11.8 Å². The average Bonchev–Trinajstić information content (AvgIpc) is 3.34. The van der Waals surface area contributed by atoms with Crippen LogP contribution in [0.1, 0.15) is 29.8 Å². The van der Waals surface area contributed by atoms with Crippen LogP contribution < -0.4 is 29.8 Å². The first-order valence-electron chi connectivity index (χ1n) is 10.9. The van der Waals surface area contributed by atoms with Crippen LogP contribution in [0, 0.1) is 0 Å². The van der Waals surface area contributed by atoms with Gasteiger partial charge in [-0.25, -0.2) is 9.79 Å². The number of hydrogen-bond donors (Lipinski definition) is 1. The number of amides is 1. The summed E-state index contributed by atoms with van der Waals surface area (Å²) in [6, 6.07) is 12.3. The fourth-order valence-corrected chi connectivity index (χ4v) is 5.03. The third-order valence-electron chi connectivity index (χ3n) is 5.57. The first-order chi connectivity index (χ1) is 16.5. The lowest BCUT2D eigenvalue weighted by Gasteiger charge is -2.25. The maximum Gasteiger partial charge on any atom is 0.338 e. The largest absolute Gasteiger partial charge is 0.494 e. The van der Waals surface area contributed by atoms with Gasteiger partial charge in [0, 0.05) is 16.9 Å². The van der Waals surface area contributed by atoms with Crippen LogP contribution in [0.4, 0.5) is 11.4 Å². The highest BCUT2D eigenvalue weighted by molar-refractivity contribution is 7.07. The molecule has 10 heteroatoms. The van der Waals surface area contributed by atoms with E-state index in [9.17, 15) is 14.4 Å². The van der Waals surface area contributed by atoms with Gasteiger partial charge in [0.2, 0.25) is 0 Å². The molecule has 0 fully saturated rings. The molecule has 3 heterocycles. The number of nitrogens with zero attached hydrogens (tertiary/aromatic N) is 3. The molecule has 3 aromatic rings. The Morgan fingerprint density at radius 2 is 1.91 bits per heavy atom. The summed E-state index contributed by atoms with van der Waals surface area (Å²) in [5.41, 5.74) is 2.66. The van der Waals surface area contributed by atoms with Gasteiger partial charge < -0.3 is 19.7 Å². The van der Waals surface area contributed by atoms with Crippen LogP contribution >= 0.6 is 11.3 Å². The standard InChI is InChI=1S/C24H22N4O5S/c1-3-32-16-9-10-18-17(11-16)19(21(29)26-18)20-22(30)28-13-27(12-25-24(28)34-20)15-7-5-14(6-8-15)23(31)33-4-2/h5-11H,3-4,12-13H2,1-2H3,(H,26,29)/b20-19-. The Morgan fingerprint density at radius 3 is 2.65 bits per heavy atom. The minimum Gasteiger partial charge on any atom is -0.494 e. The van der Waals surface area contributed by atoms with Crippen molar-refractivity contribution in [2.24, 2.45) is 4.99 Å². The summed E-state index contributed by atoms with van der Waals surface area (Å²) in [5, 5.41) is 2.83.